The maximum atomic E-state index is 8.51. The van der Waals surface area contributed by atoms with E-state index in [1.165, 1.54) is 0 Å². The van der Waals surface area contributed by atoms with Gasteiger partial charge in [-0.25, -0.2) is 0 Å². The second-order valence-electron chi connectivity index (χ2n) is 1.95. The first-order chi connectivity index (χ1) is 3.83. The average Bonchev–Trinajstić information content (AvgIpc) is 2.14. The standard InChI is InChI=1S/C6H10O2/c1-5-2-3-6(4-7)8-5/h2-3,5-7H,4H2,1H3/t5-,6-/m0/s1. The van der Waals surface area contributed by atoms with Crippen LogP contribution in [0.2, 0.25) is 0 Å². The van der Waals surface area contributed by atoms with Gasteiger partial charge >= 0.3 is 0 Å². The minimum atomic E-state index is -0.0509. The Morgan fingerprint density at radius 2 is 2.38 bits per heavy atom. The number of aliphatic hydroxyl groups is 1. The molecule has 46 valence electrons. The third-order valence-electron chi connectivity index (χ3n) is 1.17. The normalized spacial score (nSPS) is 36.2. The van der Waals surface area contributed by atoms with Crippen molar-refractivity contribution < 1.29 is 9.84 Å². The predicted molar refractivity (Wildman–Crippen MR) is 30.6 cm³/mol. The Labute approximate surface area is 48.8 Å². The van der Waals surface area contributed by atoms with E-state index in [4.69, 9.17) is 9.84 Å². The Bertz CT molecular complexity index is 98.7. The van der Waals surface area contributed by atoms with Gasteiger partial charge in [0.05, 0.1) is 18.8 Å². The van der Waals surface area contributed by atoms with Crippen LogP contribution in [0.4, 0.5) is 0 Å². The summed E-state index contributed by atoms with van der Waals surface area (Å²) in [7, 11) is 0. The lowest BCUT2D eigenvalue weighted by Gasteiger charge is -2.05. The maximum Gasteiger partial charge on any atom is 0.0995 e. The van der Waals surface area contributed by atoms with E-state index in [1.54, 1.807) is 0 Å². The summed E-state index contributed by atoms with van der Waals surface area (Å²) in [5.41, 5.74) is 0. The van der Waals surface area contributed by atoms with E-state index in [1.807, 2.05) is 19.1 Å². The lowest BCUT2D eigenvalue weighted by atomic mass is 10.3. The summed E-state index contributed by atoms with van der Waals surface area (Å²) < 4.78 is 5.15. The Balaban J connectivity index is 2.34. The number of aliphatic hydroxyl groups excluding tert-OH is 1. The lowest BCUT2D eigenvalue weighted by Crippen LogP contribution is -2.12. The molecule has 1 N–H and O–H groups in total. The summed E-state index contributed by atoms with van der Waals surface area (Å²) in [6.45, 7) is 2.05. The van der Waals surface area contributed by atoms with E-state index < -0.39 is 0 Å². The Hall–Kier alpha value is -0.340. The molecule has 0 aromatic rings. The van der Waals surface area contributed by atoms with Crippen molar-refractivity contribution in [1.29, 1.82) is 0 Å². The molecule has 0 unspecified atom stereocenters. The smallest absolute Gasteiger partial charge is 0.0995 e. The van der Waals surface area contributed by atoms with E-state index in [0.717, 1.165) is 0 Å². The Kier molecular flexibility index (Phi) is 1.65. The fourth-order valence-corrected chi connectivity index (χ4v) is 0.751. The van der Waals surface area contributed by atoms with E-state index in [-0.39, 0.29) is 18.8 Å². The van der Waals surface area contributed by atoms with Crippen molar-refractivity contribution in [3.05, 3.63) is 12.2 Å². The van der Waals surface area contributed by atoms with Gasteiger partial charge in [-0.3, -0.25) is 0 Å². The van der Waals surface area contributed by atoms with Crippen LogP contribution >= 0.6 is 0 Å². The highest BCUT2D eigenvalue weighted by molar-refractivity contribution is 4.99. The number of rotatable bonds is 1. The van der Waals surface area contributed by atoms with Gasteiger partial charge in [-0.2, -0.15) is 0 Å². The first-order valence-electron chi connectivity index (χ1n) is 2.77. The van der Waals surface area contributed by atoms with Crippen molar-refractivity contribution in [2.75, 3.05) is 6.61 Å². The molecule has 0 spiro atoms. The number of hydrogen-bond donors (Lipinski definition) is 1. The molecular formula is C6H10O2. The van der Waals surface area contributed by atoms with Crippen LogP contribution in [0.15, 0.2) is 12.2 Å². The van der Waals surface area contributed by atoms with Crippen molar-refractivity contribution in [1.82, 2.24) is 0 Å². The average molecular weight is 114 g/mol. The number of hydrogen-bond acceptors (Lipinski definition) is 2. The van der Waals surface area contributed by atoms with Crippen LogP contribution in [0.1, 0.15) is 6.92 Å². The fraction of sp³-hybridized carbons (Fsp3) is 0.667. The second-order valence-corrected chi connectivity index (χ2v) is 1.95. The monoisotopic (exact) mass is 114 g/mol. The molecule has 1 rings (SSSR count). The Morgan fingerprint density at radius 3 is 2.62 bits per heavy atom. The van der Waals surface area contributed by atoms with E-state index in [9.17, 15) is 0 Å². The van der Waals surface area contributed by atoms with Crippen molar-refractivity contribution in [2.24, 2.45) is 0 Å². The molecule has 1 aliphatic heterocycles. The minimum absolute atomic E-state index is 0.0509. The van der Waals surface area contributed by atoms with Crippen molar-refractivity contribution in [2.45, 2.75) is 19.1 Å². The summed E-state index contributed by atoms with van der Waals surface area (Å²) >= 11 is 0. The maximum absolute atomic E-state index is 8.51. The molecule has 2 atom stereocenters. The van der Waals surface area contributed by atoms with Crippen molar-refractivity contribution in [3.8, 4) is 0 Å². The van der Waals surface area contributed by atoms with Gasteiger partial charge in [0, 0.05) is 0 Å². The zero-order valence-corrected chi connectivity index (χ0v) is 4.87. The first-order valence-corrected chi connectivity index (χ1v) is 2.77. The summed E-state index contributed by atoms with van der Waals surface area (Å²) in [5, 5.41) is 8.51. The van der Waals surface area contributed by atoms with Crippen molar-refractivity contribution >= 4 is 0 Å². The van der Waals surface area contributed by atoms with Gasteiger partial charge in [-0.15, -0.1) is 0 Å². The van der Waals surface area contributed by atoms with Crippen LogP contribution in [0, 0.1) is 0 Å². The minimum Gasteiger partial charge on any atom is -0.393 e. The molecule has 0 fully saturated rings. The highest BCUT2D eigenvalue weighted by Crippen LogP contribution is 2.08. The van der Waals surface area contributed by atoms with Gasteiger partial charge in [-0.05, 0) is 6.92 Å². The highest BCUT2D eigenvalue weighted by atomic mass is 16.5. The first kappa shape index (κ1) is 5.79. The largest absolute Gasteiger partial charge is 0.393 e. The molecule has 0 amide bonds. The van der Waals surface area contributed by atoms with Crippen LogP contribution in [0.25, 0.3) is 0 Å². The van der Waals surface area contributed by atoms with E-state index in [0.29, 0.717) is 0 Å². The van der Waals surface area contributed by atoms with E-state index in [2.05, 4.69) is 0 Å². The van der Waals surface area contributed by atoms with Gasteiger partial charge in [-0.1, -0.05) is 12.2 Å². The molecule has 0 aromatic heterocycles. The molecule has 1 heterocycles. The quantitative estimate of drug-likeness (QED) is 0.497. The Morgan fingerprint density at radius 1 is 1.62 bits per heavy atom. The molecule has 0 aromatic carbocycles. The lowest BCUT2D eigenvalue weighted by molar-refractivity contribution is 0.0340. The topological polar surface area (TPSA) is 29.5 Å². The molecule has 0 aliphatic carbocycles. The molecule has 8 heavy (non-hydrogen) atoms. The second kappa shape index (κ2) is 2.29. The van der Waals surface area contributed by atoms with E-state index >= 15 is 0 Å². The molecular weight excluding hydrogens is 104 g/mol. The van der Waals surface area contributed by atoms with Gasteiger partial charge < -0.3 is 9.84 Å². The molecule has 2 heteroatoms. The van der Waals surface area contributed by atoms with Gasteiger partial charge in [0.1, 0.15) is 0 Å². The third kappa shape index (κ3) is 1.08. The predicted octanol–water partition coefficient (Wildman–Crippen LogP) is 0.322. The van der Waals surface area contributed by atoms with Crippen LogP contribution in [0.3, 0.4) is 0 Å². The molecule has 2 nitrogen and oxygen atoms in total. The summed E-state index contributed by atoms with van der Waals surface area (Å²) in [6.07, 6.45) is 3.96. The van der Waals surface area contributed by atoms with Gasteiger partial charge in [0.15, 0.2) is 0 Å². The summed E-state index contributed by atoms with van der Waals surface area (Å²) in [6, 6.07) is 0. The molecule has 0 radical (unpaired) electrons. The fourth-order valence-electron chi connectivity index (χ4n) is 0.751. The third-order valence-corrected chi connectivity index (χ3v) is 1.17. The SMILES string of the molecule is C[C@H]1C=C[C@@H](CO)O1. The molecule has 1 aliphatic rings. The summed E-state index contributed by atoms with van der Waals surface area (Å²) in [4.78, 5) is 0. The zero-order chi connectivity index (χ0) is 5.98. The van der Waals surface area contributed by atoms with Crippen LogP contribution in [-0.4, -0.2) is 23.9 Å². The van der Waals surface area contributed by atoms with Crippen LogP contribution in [0.5, 0.6) is 0 Å². The summed E-state index contributed by atoms with van der Waals surface area (Å²) in [5.74, 6) is 0. The molecule has 0 bridgehead atoms. The molecule has 0 saturated carbocycles. The van der Waals surface area contributed by atoms with Crippen LogP contribution < -0.4 is 0 Å². The zero-order valence-electron chi connectivity index (χ0n) is 4.87. The highest BCUT2D eigenvalue weighted by Gasteiger charge is 2.12. The van der Waals surface area contributed by atoms with Gasteiger partial charge in [0.2, 0.25) is 0 Å². The van der Waals surface area contributed by atoms with Crippen molar-refractivity contribution in [3.63, 3.8) is 0 Å². The van der Waals surface area contributed by atoms with Crippen LogP contribution in [-0.2, 0) is 4.74 Å². The molecule has 0 saturated heterocycles. The van der Waals surface area contributed by atoms with Gasteiger partial charge in [0.25, 0.3) is 0 Å². The number of ether oxygens (including phenoxy) is 1.